The van der Waals surface area contributed by atoms with Gasteiger partial charge in [0.05, 0.1) is 18.1 Å². The molecule has 1 atom stereocenters. The van der Waals surface area contributed by atoms with Crippen LogP contribution in [0.4, 0.5) is 0 Å². The van der Waals surface area contributed by atoms with Crippen molar-refractivity contribution in [3.8, 4) is 5.75 Å². The lowest BCUT2D eigenvalue weighted by molar-refractivity contribution is 0.0672. The Morgan fingerprint density at radius 2 is 1.96 bits per heavy atom. The van der Waals surface area contributed by atoms with Gasteiger partial charge >= 0.3 is 0 Å². The Balaban J connectivity index is 2.10. The Morgan fingerprint density at radius 1 is 1.28 bits per heavy atom. The SMILES string of the molecule is CCCCOc1ccc(C(=O)N(CC(C)C)[C@H]2CCS(=O)(=O)C2)cc1. The summed E-state index contributed by atoms with van der Waals surface area (Å²) in [5, 5.41) is 0. The Labute approximate surface area is 151 Å². The van der Waals surface area contributed by atoms with Crippen LogP contribution in [0.3, 0.4) is 0 Å². The first kappa shape index (κ1) is 19.8. The predicted octanol–water partition coefficient (Wildman–Crippen LogP) is 3.15. The highest BCUT2D eigenvalue weighted by Crippen LogP contribution is 2.22. The number of hydrogen-bond donors (Lipinski definition) is 0. The largest absolute Gasteiger partial charge is 0.494 e. The molecule has 1 saturated heterocycles. The number of amides is 1. The standard InChI is InChI=1S/C19H29NO4S/c1-4-5-11-24-18-8-6-16(7-9-18)19(21)20(13-15(2)3)17-10-12-25(22,23)14-17/h6-9,15,17H,4-5,10-14H2,1-3H3/t17-/m0/s1. The Kier molecular flexibility index (Phi) is 6.87. The van der Waals surface area contributed by atoms with Gasteiger partial charge < -0.3 is 9.64 Å². The summed E-state index contributed by atoms with van der Waals surface area (Å²) in [5.41, 5.74) is 0.577. The van der Waals surface area contributed by atoms with Gasteiger partial charge in [0.15, 0.2) is 9.84 Å². The molecule has 1 heterocycles. The average Bonchev–Trinajstić information content (AvgIpc) is 2.92. The third kappa shape index (κ3) is 5.73. The summed E-state index contributed by atoms with van der Waals surface area (Å²) in [6.45, 7) is 7.41. The number of nitrogens with zero attached hydrogens (tertiary/aromatic N) is 1. The smallest absolute Gasteiger partial charge is 0.254 e. The molecule has 1 fully saturated rings. The van der Waals surface area contributed by atoms with Crippen LogP contribution in [0, 0.1) is 5.92 Å². The number of sulfone groups is 1. The first-order valence-corrected chi connectivity index (χ1v) is 10.9. The molecule has 6 heteroatoms. The van der Waals surface area contributed by atoms with Crippen molar-refractivity contribution in [3.63, 3.8) is 0 Å². The molecular weight excluding hydrogens is 338 g/mol. The molecule has 1 aromatic carbocycles. The van der Waals surface area contributed by atoms with Gasteiger partial charge in [0.1, 0.15) is 5.75 Å². The monoisotopic (exact) mass is 367 g/mol. The van der Waals surface area contributed by atoms with Crippen LogP contribution in [0.2, 0.25) is 0 Å². The molecule has 0 unspecified atom stereocenters. The van der Waals surface area contributed by atoms with Gasteiger partial charge in [-0.3, -0.25) is 4.79 Å². The number of benzene rings is 1. The van der Waals surface area contributed by atoms with Crippen LogP contribution < -0.4 is 4.74 Å². The van der Waals surface area contributed by atoms with E-state index in [-0.39, 0.29) is 29.4 Å². The number of unbranched alkanes of at least 4 members (excludes halogenated alkanes) is 1. The van der Waals surface area contributed by atoms with Crippen LogP contribution in [0.1, 0.15) is 50.4 Å². The van der Waals surface area contributed by atoms with Crippen LogP contribution in [-0.4, -0.2) is 49.9 Å². The highest BCUT2D eigenvalue weighted by Gasteiger charge is 2.35. The van der Waals surface area contributed by atoms with Crippen LogP contribution >= 0.6 is 0 Å². The summed E-state index contributed by atoms with van der Waals surface area (Å²) in [7, 11) is -3.03. The van der Waals surface area contributed by atoms with Crippen molar-refractivity contribution in [3.05, 3.63) is 29.8 Å². The first-order valence-electron chi connectivity index (χ1n) is 9.06. The summed E-state index contributed by atoms with van der Waals surface area (Å²) in [5.74, 6) is 1.18. The summed E-state index contributed by atoms with van der Waals surface area (Å²) >= 11 is 0. The maximum atomic E-state index is 12.9. The molecule has 0 N–H and O–H groups in total. The molecule has 1 aliphatic heterocycles. The van der Waals surface area contributed by atoms with Gasteiger partial charge in [-0.05, 0) is 43.0 Å². The van der Waals surface area contributed by atoms with E-state index in [9.17, 15) is 13.2 Å². The zero-order chi connectivity index (χ0) is 18.4. The van der Waals surface area contributed by atoms with E-state index in [0.29, 0.717) is 25.1 Å². The number of ether oxygens (including phenoxy) is 1. The second-order valence-corrected chi connectivity index (χ2v) is 9.36. The third-order valence-corrected chi connectivity index (χ3v) is 6.09. The van der Waals surface area contributed by atoms with Crippen molar-refractivity contribution < 1.29 is 17.9 Å². The van der Waals surface area contributed by atoms with Crippen LogP contribution in [0.5, 0.6) is 5.75 Å². The van der Waals surface area contributed by atoms with Crippen molar-refractivity contribution in [2.75, 3.05) is 24.7 Å². The number of carbonyl (C=O) groups excluding carboxylic acids is 1. The summed E-state index contributed by atoms with van der Waals surface area (Å²) in [6, 6.07) is 6.92. The number of hydrogen-bond acceptors (Lipinski definition) is 4. The number of carbonyl (C=O) groups is 1. The molecule has 0 aromatic heterocycles. The zero-order valence-corrected chi connectivity index (χ0v) is 16.2. The maximum absolute atomic E-state index is 12.9. The fourth-order valence-corrected chi connectivity index (χ4v) is 4.74. The molecule has 2 rings (SSSR count). The minimum absolute atomic E-state index is 0.0731. The quantitative estimate of drug-likeness (QED) is 0.662. The van der Waals surface area contributed by atoms with E-state index < -0.39 is 9.84 Å². The van der Waals surface area contributed by atoms with Crippen LogP contribution in [0.25, 0.3) is 0 Å². The molecule has 140 valence electrons. The summed E-state index contributed by atoms with van der Waals surface area (Å²) in [4.78, 5) is 14.7. The minimum atomic E-state index is -3.03. The van der Waals surface area contributed by atoms with Gasteiger partial charge in [-0.1, -0.05) is 27.2 Å². The second kappa shape index (κ2) is 8.70. The second-order valence-electron chi connectivity index (χ2n) is 7.13. The van der Waals surface area contributed by atoms with E-state index >= 15 is 0 Å². The maximum Gasteiger partial charge on any atom is 0.254 e. The topological polar surface area (TPSA) is 63.7 Å². The first-order chi connectivity index (χ1) is 11.8. The number of rotatable bonds is 8. The molecule has 5 nitrogen and oxygen atoms in total. The van der Waals surface area contributed by atoms with E-state index in [2.05, 4.69) is 6.92 Å². The third-order valence-electron chi connectivity index (χ3n) is 4.34. The van der Waals surface area contributed by atoms with E-state index in [1.807, 2.05) is 26.0 Å². The van der Waals surface area contributed by atoms with Gasteiger partial charge in [-0.25, -0.2) is 8.42 Å². The molecule has 0 bridgehead atoms. The summed E-state index contributed by atoms with van der Waals surface area (Å²) in [6.07, 6.45) is 2.60. The van der Waals surface area contributed by atoms with E-state index in [4.69, 9.17) is 4.74 Å². The molecule has 1 amide bonds. The molecule has 0 saturated carbocycles. The molecule has 0 aliphatic carbocycles. The highest BCUT2D eigenvalue weighted by atomic mass is 32.2. The molecule has 0 radical (unpaired) electrons. The van der Waals surface area contributed by atoms with Gasteiger partial charge in [-0.15, -0.1) is 0 Å². The van der Waals surface area contributed by atoms with Crippen molar-refractivity contribution in [1.29, 1.82) is 0 Å². The van der Waals surface area contributed by atoms with E-state index in [1.165, 1.54) is 0 Å². The molecule has 1 aromatic rings. The Morgan fingerprint density at radius 3 is 2.48 bits per heavy atom. The van der Waals surface area contributed by atoms with Gasteiger partial charge in [0.2, 0.25) is 0 Å². The van der Waals surface area contributed by atoms with Gasteiger partial charge in [-0.2, -0.15) is 0 Å². The van der Waals surface area contributed by atoms with Crippen molar-refractivity contribution in [2.45, 2.75) is 46.1 Å². The molecule has 25 heavy (non-hydrogen) atoms. The molecular formula is C19H29NO4S. The molecule has 0 spiro atoms. The lowest BCUT2D eigenvalue weighted by atomic mass is 10.1. The van der Waals surface area contributed by atoms with Crippen molar-refractivity contribution in [1.82, 2.24) is 4.90 Å². The minimum Gasteiger partial charge on any atom is -0.494 e. The fourth-order valence-electron chi connectivity index (χ4n) is 3.01. The fraction of sp³-hybridized carbons (Fsp3) is 0.632. The lowest BCUT2D eigenvalue weighted by Crippen LogP contribution is -2.43. The van der Waals surface area contributed by atoms with Crippen LogP contribution in [-0.2, 0) is 9.84 Å². The van der Waals surface area contributed by atoms with E-state index in [0.717, 1.165) is 18.6 Å². The van der Waals surface area contributed by atoms with Crippen molar-refractivity contribution >= 4 is 15.7 Å². The van der Waals surface area contributed by atoms with Crippen molar-refractivity contribution in [2.24, 2.45) is 5.92 Å². The predicted molar refractivity (Wildman–Crippen MR) is 99.8 cm³/mol. The summed E-state index contributed by atoms with van der Waals surface area (Å²) < 4.78 is 29.2. The van der Waals surface area contributed by atoms with Gasteiger partial charge in [0, 0.05) is 18.2 Å². The average molecular weight is 368 g/mol. The van der Waals surface area contributed by atoms with Gasteiger partial charge in [0.25, 0.3) is 5.91 Å². The zero-order valence-electron chi connectivity index (χ0n) is 15.4. The van der Waals surface area contributed by atoms with Crippen LogP contribution in [0.15, 0.2) is 24.3 Å². The Hall–Kier alpha value is -1.56. The Bertz CT molecular complexity index is 667. The normalized spacial score (nSPS) is 19.1. The van der Waals surface area contributed by atoms with E-state index in [1.54, 1.807) is 17.0 Å². The highest BCUT2D eigenvalue weighted by molar-refractivity contribution is 7.91. The molecule has 1 aliphatic rings. The lowest BCUT2D eigenvalue weighted by Gasteiger charge is -2.30.